The molecule has 2 rings (SSSR count). The van der Waals surface area contributed by atoms with Gasteiger partial charge in [0.15, 0.2) is 0 Å². The summed E-state index contributed by atoms with van der Waals surface area (Å²) in [5.41, 5.74) is 2.73. The molecule has 2 heteroatoms. The Kier molecular flexibility index (Phi) is 5.60. The summed E-state index contributed by atoms with van der Waals surface area (Å²) in [6.45, 7) is 2.96. The zero-order chi connectivity index (χ0) is 13.3. The molecule has 0 aromatic heterocycles. The number of hydrogen-bond donors (Lipinski definition) is 2. The van der Waals surface area contributed by atoms with E-state index >= 15 is 0 Å². The summed E-state index contributed by atoms with van der Waals surface area (Å²) >= 11 is 0. The minimum Gasteiger partial charge on any atom is -0.318 e. The van der Waals surface area contributed by atoms with Crippen molar-refractivity contribution in [2.45, 2.75) is 5.92 Å². The van der Waals surface area contributed by atoms with Crippen LogP contribution in [0.4, 0.5) is 0 Å². The van der Waals surface area contributed by atoms with Gasteiger partial charge in [0.1, 0.15) is 0 Å². The van der Waals surface area contributed by atoms with Gasteiger partial charge in [0.2, 0.25) is 0 Å². The first-order valence-corrected chi connectivity index (χ1v) is 6.87. The Morgan fingerprint density at radius 1 is 0.789 bits per heavy atom. The molecule has 2 N–H and O–H groups in total. The van der Waals surface area contributed by atoms with E-state index in [1.54, 1.807) is 0 Å². The lowest BCUT2D eigenvalue weighted by molar-refractivity contribution is 0.614. The molecule has 19 heavy (non-hydrogen) atoms. The summed E-state index contributed by atoms with van der Waals surface area (Å²) in [5, 5.41) is 6.68. The normalized spacial score (nSPS) is 10.8. The SMILES string of the molecule is CNCCNCC(c1ccccc1)c1ccccc1. The van der Waals surface area contributed by atoms with Crippen molar-refractivity contribution in [3.63, 3.8) is 0 Å². The van der Waals surface area contributed by atoms with Crippen LogP contribution in [0.2, 0.25) is 0 Å². The maximum atomic E-state index is 3.52. The zero-order valence-electron chi connectivity index (χ0n) is 11.5. The molecule has 0 saturated carbocycles. The van der Waals surface area contributed by atoms with Gasteiger partial charge < -0.3 is 10.6 Å². The second-order valence-corrected chi connectivity index (χ2v) is 4.68. The van der Waals surface area contributed by atoms with E-state index in [0.717, 1.165) is 19.6 Å². The third kappa shape index (κ3) is 4.19. The Morgan fingerprint density at radius 3 is 1.79 bits per heavy atom. The molecule has 0 aliphatic rings. The van der Waals surface area contributed by atoms with Gasteiger partial charge in [-0.25, -0.2) is 0 Å². The molecule has 2 aromatic carbocycles. The predicted octanol–water partition coefficient (Wildman–Crippen LogP) is 2.63. The molecular weight excluding hydrogens is 232 g/mol. The number of nitrogens with one attached hydrogen (secondary N) is 2. The van der Waals surface area contributed by atoms with Crippen molar-refractivity contribution in [3.05, 3.63) is 71.8 Å². The van der Waals surface area contributed by atoms with Gasteiger partial charge in [-0.05, 0) is 18.2 Å². The van der Waals surface area contributed by atoms with Crippen LogP contribution in [0, 0.1) is 0 Å². The summed E-state index contributed by atoms with van der Waals surface area (Å²) in [4.78, 5) is 0. The van der Waals surface area contributed by atoms with Gasteiger partial charge in [0.05, 0.1) is 0 Å². The lowest BCUT2D eigenvalue weighted by Crippen LogP contribution is -2.29. The van der Waals surface area contributed by atoms with E-state index in [0.29, 0.717) is 5.92 Å². The third-order valence-corrected chi connectivity index (χ3v) is 3.30. The summed E-state index contributed by atoms with van der Waals surface area (Å²) in [6.07, 6.45) is 0. The monoisotopic (exact) mass is 254 g/mol. The van der Waals surface area contributed by atoms with Crippen LogP contribution in [0.3, 0.4) is 0 Å². The molecule has 0 aliphatic heterocycles. The standard InChI is InChI=1S/C17H22N2/c1-18-12-13-19-14-17(15-8-4-2-5-9-15)16-10-6-3-7-11-16/h2-11,17-19H,12-14H2,1H3. The summed E-state index contributed by atoms with van der Waals surface area (Å²) in [7, 11) is 1.98. The third-order valence-electron chi connectivity index (χ3n) is 3.30. The van der Waals surface area contributed by atoms with Crippen LogP contribution in [-0.4, -0.2) is 26.7 Å². The largest absolute Gasteiger partial charge is 0.318 e. The van der Waals surface area contributed by atoms with Gasteiger partial charge >= 0.3 is 0 Å². The zero-order valence-corrected chi connectivity index (χ0v) is 11.5. The van der Waals surface area contributed by atoms with Crippen molar-refractivity contribution in [1.29, 1.82) is 0 Å². The highest BCUT2D eigenvalue weighted by atomic mass is 14.9. The molecule has 0 unspecified atom stereocenters. The van der Waals surface area contributed by atoms with E-state index in [9.17, 15) is 0 Å². The maximum Gasteiger partial charge on any atom is 0.0214 e. The molecule has 0 radical (unpaired) electrons. The van der Waals surface area contributed by atoms with Gasteiger partial charge in [-0.2, -0.15) is 0 Å². The van der Waals surface area contributed by atoms with Crippen molar-refractivity contribution >= 4 is 0 Å². The van der Waals surface area contributed by atoms with Crippen LogP contribution in [0.25, 0.3) is 0 Å². The van der Waals surface area contributed by atoms with Crippen molar-refractivity contribution in [3.8, 4) is 0 Å². The molecule has 0 spiro atoms. The molecule has 0 fully saturated rings. The minimum atomic E-state index is 0.416. The minimum absolute atomic E-state index is 0.416. The van der Waals surface area contributed by atoms with E-state index in [1.807, 2.05) is 7.05 Å². The highest BCUT2D eigenvalue weighted by molar-refractivity contribution is 5.32. The Labute approximate surface area is 115 Å². The molecule has 0 aliphatic carbocycles. The lowest BCUT2D eigenvalue weighted by Gasteiger charge is -2.18. The summed E-state index contributed by atoms with van der Waals surface area (Å²) in [6, 6.07) is 21.4. The van der Waals surface area contributed by atoms with Crippen molar-refractivity contribution in [2.24, 2.45) is 0 Å². The average molecular weight is 254 g/mol. The van der Waals surface area contributed by atoms with Gasteiger partial charge in [-0.15, -0.1) is 0 Å². The van der Waals surface area contributed by atoms with Gasteiger partial charge in [0.25, 0.3) is 0 Å². The Balaban J connectivity index is 2.10. The lowest BCUT2D eigenvalue weighted by atomic mass is 9.91. The van der Waals surface area contributed by atoms with Crippen LogP contribution in [0.15, 0.2) is 60.7 Å². The fraction of sp³-hybridized carbons (Fsp3) is 0.294. The van der Waals surface area contributed by atoms with Crippen molar-refractivity contribution < 1.29 is 0 Å². The van der Waals surface area contributed by atoms with Crippen LogP contribution in [-0.2, 0) is 0 Å². The molecule has 0 bridgehead atoms. The van der Waals surface area contributed by atoms with Gasteiger partial charge in [-0.3, -0.25) is 0 Å². The van der Waals surface area contributed by atoms with Crippen LogP contribution < -0.4 is 10.6 Å². The molecule has 2 aromatic rings. The second-order valence-electron chi connectivity index (χ2n) is 4.68. The highest BCUT2D eigenvalue weighted by Gasteiger charge is 2.12. The smallest absolute Gasteiger partial charge is 0.0214 e. The van der Waals surface area contributed by atoms with Gasteiger partial charge in [0, 0.05) is 25.6 Å². The number of hydrogen-bond acceptors (Lipinski definition) is 2. The van der Waals surface area contributed by atoms with E-state index < -0.39 is 0 Å². The van der Waals surface area contributed by atoms with Gasteiger partial charge in [-0.1, -0.05) is 60.7 Å². The topological polar surface area (TPSA) is 24.1 Å². The van der Waals surface area contributed by atoms with E-state index in [2.05, 4.69) is 71.3 Å². The molecular formula is C17H22N2. The first-order chi connectivity index (χ1) is 9.42. The molecule has 100 valence electrons. The van der Waals surface area contributed by atoms with Crippen LogP contribution in [0.1, 0.15) is 17.0 Å². The highest BCUT2D eigenvalue weighted by Crippen LogP contribution is 2.23. The predicted molar refractivity (Wildman–Crippen MR) is 81.5 cm³/mol. The molecule has 0 heterocycles. The van der Waals surface area contributed by atoms with Crippen LogP contribution >= 0.6 is 0 Å². The number of rotatable bonds is 7. The quantitative estimate of drug-likeness (QED) is 0.742. The van der Waals surface area contributed by atoms with E-state index in [4.69, 9.17) is 0 Å². The molecule has 0 amide bonds. The maximum absolute atomic E-state index is 3.52. The summed E-state index contributed by atoms with van der Waals surface area (Å²) < 4.78 is 0. The fourth-order valence-electron chi connectivity index (χ4n) is 2.26. The van der Waals surface area contributed by atoms with E-state index in [1.165, 1.54) is 11.1 Å². The second kappa shape index (κ2) is 7.72. The molecule has 0 saturated heterocycles. The Morgan fingerprint density at radius 2 is 1.32 bits per heavy atom. The van der Waals surface area contributed by atoms with Crippen molar-refractivity contribution in [2.75, 3.05) is 26.7 Å². The summed E-state index contributed by atoms with van der Waals surface area (Å²) in [5.74, 6) is 0.416. The number of benzene rings is 2. The fourth-order valence-corrected chi connectivity index (χ4v) is 2.26. The van der Waals surface area contributed by atoms with Crippen molar-refractivity contribution in [1.82, 2.24) is 10.6 Å². The average Bonchev–Trinajstić information content (AvgIpc) is 2.49. The number of likely N-dealkylation sites (N-methyl/N-ethyl adjacent to an activating group) is 1. The first kappa shape index (κ1) is 13.8. The molecule has 0 atom stereocenters. The van der Waals surface area contributed by atoms with E-state index in [-0.39, 0.29) is 0 Å². The van der Waals surface area contributed by atoms with Crippen LogP contribution in [0.5, 0.6) is 0 Å². The Bertz CT molecular complexity index is 414. The first-order valence-electron chi connectivity index (χ1n) is 6.87. The molecule has 2 nitrogen and oxygen atoms in total. The Hall–Kier alpha value is -1.64.